The molecule has 0 saturated heterocycles. The molecule has 0 spiro atoms. The monoisotopic (exact) mass is 221 g/mol. The van der Waals surface area contributed by atoms with Gasteiger partial charge in [0.2, 0.25) is 0 Å². The molecule has 0 amide bonds. The Morgan fingerprint density at radius 3 is 2.45 bits per heavy atom. The molecule has 60 valence electrons. The van der Waals surface area contributed by atoms with E-state index in [1.54, 1.807) is 0 Å². The Hall–Kier alpha value is -0.480. The molecular formula is C7H6BrF2N. The highest BCUT2D eigenvalue weighted by Gasteiger charge is 2.05. The lowest BCUT2D eigenvalue weighted by molar-refractivity contribution is 0.568. The Morgan fingerprint density at radius 1 is 1.27 bits per heavy atom. The van der Waals surface area contributed by atoms with E-state index < -0.39 is 11.6 Å². The lowest BCUT2D eigenvalue weighted by Gasteiger charge is -2.00. The summed E-state index contributed by atoms with van der Waals surface area (Å²) in [6, 6.07) is 2.15. The molecular weight excluding hydrogens is 216 g/mol. The van der Waals surface area contributed by atoms with Gasteiger partial charge in [0, 0.05) is 18.2 Å². The number of hydrogen-bond acceptors (Lipinski definition) is 1. The van der Waals surface area contributed by atoms with Crippen LogP contribution in [-0.4, -0.2) is 0 Å². The van der Waals surface area contributed by atoms with Crippen LogP contribution in [0.4, 0.5) is 8.78 Å². The first-order chi connectivity index (χ1) is 5.15. The molecule has 0 aliphatic rings. The maximum Gasteiger partial charge on any atom is 0.140 e. The Morgan fingerprint density at radius 2 is 1.91 bits per heavy atom. The van der Waals surface area contributed by atoms with E-state index in [0.29, 0.717) is 5.56 Å². The van der Waals surface area contributed by atoms with E-state index in [-0.39, 0.29) is 11.0 Å². The normalized spacial score (nSPS) is 10.2. The topological polar surface area (TPSA) is 26.0 Å². The molecule has 11 heavy (non-hydrogen) atoms. The minimum absolute atomic E-state index is 0.0741. The third-order valence-electron chi connectivity index (χ3n) is 1.31. The summed E-state index contributed by atoms with van der Waals surface area (Å²) in [5, 5.41) is 0. The second-order valence-corrected chi connectivity index (χ2v) is 2.92. The van der Waals surface area contributed by atoms with Crippen LogP contribution in [0.15, 0.2) is 16.6 Å². The van der Waals surface area contributed by atoms with Gasteiger partial charge in [-0.2, -0.15) is 0 Å². The molecule has 0 radical (unpaired) electrons. The van der Waals surface area contributed by atoms with Gasteiger partial charge in [0.15, 0.2) is 0 Å². The summed E-state index contributed by atoms with van der Waals surface area (Å²) in [4.78, 5) is 0. The molecule has 0 saturated carbocycles. The van der Waals surface area contributed by atoms with E-state index in [0.717, 1.165) is 6.07 Å². The second-order valence-electron chi connectivity index (χ2n) is 2.06. The molecule has 2 N–H and O–H groups in total. The van der Waals surface area contributed by atoms with Crippen molar-refractivity contribution in [2.24, 2.45) is 5.73 Å². The van der Waals surface area contributed by atoms with Crippen molar-refractivity contribution < 1.29 is 8.78 Å². The van der Waals surface area contributed by atoms with Crippen LogP contribution in [0, 0.1) is 11.6 Å². The molecule has 0 bridgehead atoms. The molecule has 0 atom stereocenters. The molecule has 0 aliphatic heterocycles. The lowest BCUT2D eigenvalue weighted by atomic mass is 10.2. The summed E-state index contributed by atoms with van der Waals surface area (Å²) < 4.78 is 25.5. The Bertz CT molecular complexity index is 275. The summed E-state index contributed by atoms with van der Waals surface area (Å²) in [6.07, 6.45) is 0. The summed E-state index contributed by atoms with van der Waals surface area (Å²) in [6.45, 7) is 0.0741. The first-order valence-electron chi connectivity index (χ1n) is 2.98. The van der Waals surface area contributed by atoms with Crippen LogP contribution in [-0.2, 0) is 6.54 Å². The Balaban J connectivity index is 3.21. The van der Waals surface area contributed by atoms with Crippen molar-refractivity contribution in [3.05, 3.63) is 33.8 Å². The van der Waals surface area contributed by atoms with Crippen molar-refractivity contribution in [1.29, 1.82) is 0 Å². The van der Waals surface area contributed by atoms with Gasteiger partial charge in [-0.25, -0.2) is 8.78 Å². The van der Waals surface area contributed by atoms with Crippen LogP contribution in [0.3, 0.4) is 0 Å². The van der Waals surface area contributed by atoms with Gasteiger partial charge < -0.3 is 5.73 Å². The smallest absolute Gasteiger partial charge is 0.140 e. The van der Waals surface area contributed by atoms with Gasteiger partial charge in [0.05, 0.1) is 4.47 Å². The number of benzene rings is 1. The predicted octanol–water partition coefficient (Wildman–Crippen LogP) is 2.19. The summed E-state index contributed by atoms with van der Waals surface area (Å²) in [5.74, 6) is -1.21. The maximum absolute atomic E-state index is 12.7. The quantitative estimate of drug-likeness (QED) is 0.724. The van der Waals surface area contributed by atoms with Gasteiger partial charge in [-0.1, -0.05) is 0 Å². The van der Waals surface area contributed by atoms with Crippen molar-refractivity contribution in [3.8, 4) is 0 Å². The fraction of sp³-hybridized carbons (Fsp3) is 0.143. The van der Waals surface area contributed by atoms with Gasteiger partial charge in [0.1, 0.15) is 11.6 Å². The van der Waals surface area contributed by atoms with E-state index in [2.05, 4.69) is 15.9 Å². The molecule has 1 rings (SSSR count). The van der Waals surface area contributed by atoms with Crippen molar-refractivity contribution >= 4 is 15.9 Å². The van der Waals surface area contributed by atoms with Crippen LogP contribution in [0.5, 0.6) is 0 Å². The van der Waals surface area contributed by atoms with Gasteiger partial charge >= 0.3 is 0 Å². The minimum atomic E-state index is -0.611. The van der Waals surface area contributed by atoms with Crippen LogP contribution >= 0.6 is 15.9 Å². The molecule has 4 heteroatoms. The fourth-order valence-electron chi connectivity index (χ4n) is 0.720. The molecule has 0 fully saturated rings. The van der Waals surface area contributed by atoms with Gasteiger partial charge in [-0.15, -0.1) is 0 Å². The molecule has 1 aromatic carbocycles. The molecule has 1 aromatic rings. The van der Waals surface area contributed by atoms with Gasteiger partial charge in [0.25, 0.3) is 0 Å². The van der Waals surface area contributed by atoms with Crippen molar-refractivity contribution in [1.82, 2.24) is 0 Å². The number of rotatable bonds is 1. The number of hydrogen-bond donors (Lipinski definition) is 1. The first-order valence-corrected chi connectivity index (χ1v) is 3.78. The lowest BCUT2D eigenvalue weighted by Crippen LogP contribution is -2.00. The second kappa shape index (κ2) is 3.28. The van der Waals surface area contributed by atoms with Crippen molar-refractivity contribution in [2.75, 3.05) is 0 Å². The van der Waals surface area contributed by atoms with Crippen molar-refractivity contribution in [2.45, 2.75) is 6.54 Å². The fourth-order valence-corrected chi connectivity index (χ4v) is 1.11. The zero-order valence-electron chi connectivity index (χ0n) is 5.57. The molecule has 0 aliphatic carbocycles. The Labute approximate surface area is 71.3 Å². The van der Waals surface area contributed by atoms with Crippen LogP contribution in [0.1, 0.15) is 5.56 Å². The van der Waals surface area contributed by atoms with Crippen LogP contribution in [0.25, 0.3) is 0 Å². The Kier molecular flexibility index (Phi) is 2.57. The molecule has 0 aromatic heterocycles. The highest BCUT2D eigenvalue weighted by molar-refractivity contribution is 9.10. The summed E-state index contributed by atoms with van der Waals surface area (Å²) >= 11 is 2.92. The average Bonchev–Trinajstić information content (AvgIpc) is 1.97. The van der Waals surface area contributed by atoms with E-state index in [9.17, 15) is 8.78 Å². The third-order valence-corrected chi connectivity index (χ3v) is 1.92. The minimum Gasteiger partial charge on any atom is -0.326 e. The largest absolute Gasteiger partial charge is 0.326 e. The first kappa shape index (κ1) is 8.62. The number of nitrogens with two attached hydrogens (primary N) is 1. The summed E-state index contributed by atoms with van der Waals surface area (Å²) in [5.41, 5.74) is 5.49. The van der Waals surface area contributed by atoms with Gasteiger partial charge in [-0.3, -0.25) is 0 Å². The van der Waals surface area contributed by atoms with Gasteiger partial charge in [-0.05, 0) is 22.0 Å². The van der Waals surface area contributed by atoms with Crippen molar-refractivity contribution in [3.63, 3.8) is 0 Å². The SMILES string of the molecule is NCc1cc(Br)c(F)cc1F. The maximum atomic E-state index is 12.7. The zero-order chi connectivity index (χ0) is 8.43. The van der Waals surface area contributed by atoms with E-state index in [1.807, 2.05) is 0 Å². The number of halogens is 3. The third kappa shape index (κ3) is 1.75. The molecule has 1 nitrogen and oxygen atoms in total. The van der Waals surface area contributed by atoms with E-state index in [4.69, 9.17) is 5.73 Å². The molecule has 0 heterocycles. The van der Waals surface area contributed by atoms with Crippen LogP contribution < -0.4 is 5.73 Å². The highest BCUT2D eigenvalue weighted by Crippen LogP contribution is 2.19. The zero-order valence-corrected chi connectivity index (χ0v) is 7.16. The highest BCUT2D eigenvalue weighted by atomic mass is 79.9. The van der Waals surface area contributed by atoms with Crippen LogP contribution in [0.2, 0.25) is 0 Å². The summed E-state index contributed by atoms with van der Waals surface area (Å²) in [7, 11) is 0. The standard InChI is InChI=1S/C7H6BrF2N/c8-5-1-4(3-11)6(9)2-7(5)10/h1-2H,3,11H2. The molecule has 0 unspecified atom stereocenters. The van der Waals surface area contributed by atoms with E-state index in [1.165, 1.54) is 6.07 Å². The predicted molar refractivity (Wildman–Crippen MR) is 41.9 cm³/mol. The van der Waals surface area contributed by atoms with E-state index >= 15 is 0 Å². The average molecular weight is 222 g/mol.